The highest BCUT2D eigenvalue weighted by Crippen LogP contribution is 2.50. The van der Waals surface area contributed by atoms with Crippen LogP contribution in [0.3, 0.4) is 0 Å². The van der Waals surface area contributed by atoms with Gasteiger partial charge in [0.2, 0.25) is 0 Å². The molecular formula is C45H37N3S. The molecule has 0 unspecified atom stereocenters. The van der Waals surface area contributed by atoms with Gasteiger partial charge in [0, 0.05) is 27.1 Å². The van der Waals surface area contributed by atoms with Crippen molar-refractivity contribution in [1.29, 1.82) is 0 Å². The molecule has 0 radical (unpaired) electrons. The van der Waals surface area contributed by atoms with Crippen LogP contribution in [0.5, 0.6) is 0 Å². The van der Waals surface area contributed by atoms with E-state index in [1.807, 2.05) is 0 Å². The molecule has 238 valence electrons. The van der Waals surface area contributed by atoms with Crippen LogP contribution >= 0.6 is 11.3 Å². The molecule has 0 saturated carbocycles. The highest BCUT2D eigenvalue weighted by atomic mass is 32.1. The number of hydrogen-bond donors (Lipinski definition) is 0. The first-order valence-corrected chi connectivity index (χ1v) is 18.2. The SMILES string of the molecule is CC1(C)CCC(C)(C)c2c(-n3c4ccccc4c4cc5c6ccccc6n(-c6cccc7sc(-c8ccccc8)nc67)c5cc43)cccc21. The van der Waals surface area contributed by atoms with Crippen LogP contribution in [-0.2, 0) is 10.8 Å². The fourth-order valence-corrected chi connectivity index (χ4v) is 9.65. The summed E-state index contributed by atoms with van der Waals surface area (Å²) in [5.74, 6) is 0. The van der Waals surface area contributed by atoms with Gasteiger partial charge in [-0.3, -0.25) is 0 Å². The zero-order chi connectivity index (χ0) is 33.1. The third-order valence-corrected chi connectivity index (χ3v) is 12.3. The van der Waals surface area contributed by atoms with Gasteiger partial charge in [0.05, 0.1) is 38.1 Å². The lowest BCUT2D eigenvalue weighted by Crippen LogP contribution is -2.35. The van der Waals surface area contributed by atoms with Crippen molar-refractivity contribution in [2.75, 3.05) is 0 Å². The third kappa shape index (κ3) is 4.10. The van der Waals surface area contributed by atoms with E-state index in [4.69, 9.17) is 4.98 Å². The number of aromatic nitrogens is 3. The maximum atomic E-state index is 5.28. The fraction of sp³-hybridized carbons (Fsp3) is 0.178. The Labute approximate surface area is 290 Å². The largest absolute Gasteiger partial charge is 0.309 e. The molecule has 0 bridgehead atoms. The van der Waals surface area contributed by atoms with Crippen LogP contribution < -0.4 is 0 Å². The maximum Gasteiger partial charge on any atom is 0.124 e. The van der Waals surface area contributed by atoms with E-state index in [0.717, 1.165) is 21.8 Å². The Morgan fingerprint density at radius 1 is 0.531 bits per heavy atom. The van der Waals surface area contributed by atoms with E-state index in [1.165, 1.54) is 78.0 Å². The molecule has 1 aliphatic carbocycles. The van der Waals surface area contributed by atoms with E-state index >= 15 is 0 Å². The molecule has 9 aromatic rings. The van der Waals surface area contributed by atoms with Gasteiger partial charge in [-0.1, -0.05) is 113 Å². The van der Waals surface area contributed by atoms with Crippen molar-refractivity contribution in [3.05, 3.63) is 139 Å². The number of rotatable bonds is 3. The molecule has 49 heavy (non-hydrogen) atoms. The quantitative estimate of drug-likeness (QED) is 0.186. The summed E-state index contributed by atoms with van der Waals surface area (Å²) in [6, 6.07) is 46.9. The number of thiazole rings is 1. The van der Waals surface area contributed by atoms with Crippen molar-refractivity contribution in [1.82, 2.24) is 14.1 Å². The van der Waals surface area contributed by atoms with Gasteiger partial charge < -0.3 is 9.13 Å². The average molecular weight is 652 g/mol. The second-order valence-electron chi connectivity index (χ2n) is 15.1. The standard InChI is InChI=1S/C45H37N3S/c1-44(2)24-25-45(3,4)41-33(44)18-12-21-36(41)47-34-19-10-8-16-29(34)31-26-32-30-17-9-11-20-35(30)48(39(32)27-38(31)47)37-22-13-23-40-42(37)46-43(49-40)28-14-6-5-7-15-28/h5-23,26-27H,24-25H2,1-4H3. The summed E-state index contributed by atoms with van der Waals surface area (Å²) in [6.45, 7) is 9.71. The Balaban J connectivity index is 1.33. The van der Waals surface area contributed by atoms with Crippen molar-refractivity contribution in [3.8, 4) is 21.9 Å². The second kappa shape index (κ2) is 10.2. The predicted octanol–water partition coefficient (Wildman–Crippen LogP) is 12.5. The highest BCUT2D eigenvalue weighted by molar-refractivity contribution is 7.21. The molecule has 6 aromatic carbocycles. The Kier molecular flexibility index (Phi) is 5.97. The summed E-state index contributed by atoms with van der Waals surface area (Å²) in [5.41, 5.74) is 12.6. The highest BCUT2D eigenvalue weighted by Gasteiger charge is 2.39. The molecule has 0 amide bonds. The molecule has 1 aliphatic rings. The molecule has 3 nitrogen and oxygen atoms in total. The van der Waals surface area contributed by atoms with Crippen LogP contribution in [0.25, 0.3) is 75.8 Å². The van der Waals surface area contributed by atoms with Gasteiger partial charge in [-0.15, -0.1) is 11.3 Å². The Morgan fingerprint density at radius 3 is 1.84 bits per heavy atom. The summed E-state index contributed by atoms with van der Waals surface area (Å²) < 4.78 is 6.21. The minimum atomic E-state index is 0.0644. The lowest BCUT2D eigenvalue weighted by atomic mass is 9.62. The Hall–Kier alpha value is -5.19. The van der Waals surface area contributed by atoms with Gasteiger partial charge >= 0.3 is 0 Å². The van der Waals surface area contributed by atoms with Gasteiger partial charge in [-0.25, -0.2) is 4.98 Å². The molecular weight excluding hydrogens is 615 g/mol. The lowest BCUT2D eigenvalue weighted by Gasteiger charge is -2.43. The Morgan fingerprint density at radius 2 is 1.12 bits per heavy atom. The topological polar surface area (TPSA) is 22.8 Å². The zero-order valence-corrected chi connectivity index (χ0v) is 29.1. The number of benzene rings is 6. The first-order chi connectivity index (χ1) is 23.8. The Bertz CT molecular complexity index is 2770. The summed E-state index contributed by atoms with van der Waals surface area (Å²) in [5, 5.41) is 6.14. The molecule has 0 N–H and O–H groups in total. The van der Waals surface area contributed by atoms with Gasteiger partial charge in [-0.2, -0.15) is 0 Å². The van der Waals surface area contributed by atoms with Crippen molar-refractivity contribution < 1.29 is 0 Å². The van der Waals surface area contributed by atoms with Gasteiger partial charge in [0.15, 0.2) is 0 Å². The van der Waals surface area contributed by atoms with Crippen molar-refractivity contribution in [2.24, 2.45) is 0 Å². The molecule has 0 atom stereocenters. The van der Waals surface area contributed by atoms with E-state index < -0.39 is 0 Å². The fourth-order valence-electron chi connectivity index (χ4n) is 8.66. The van der Waals surface area contributed by atoms with Crippen LogP contribution in [0.1, 0.15) is 51.7 Å². The zero-order valence-electron chi connectivity index (χ0n) is 28.3. The minimum Gasteiger partial charge on any atom is -0.309 e. The van der Waals surface area contributed by atoms with Gasteiger partial charge in [0.25, 0.3) is 0 Å². The molecule has 0 spiro atoms. The van der Waals surface area contributed by atoms with Gasteiger partial charge in [0.1, 0.15) is 10.5 Å². The molecule has 0 saturated heterocycles. The third-order valence-electron chi connectivity index (χ3n) is 11.2. The normalized spacial score (nSPS) is 15.5. The number of nitrogens with zero attached hydrogens (tertiary/aromatic N) is 3. The van der Waals surface area contributed by atoms with Crippen molar-refractivity contribution >= 4 is 65.2 Å². The minimum absolute atomic E-state index is 0.0644. The maximum absolute atomic E-state index is 5.28. The molecule has 0 fully saturated rings. The summed E-state index contributed by atoms with van der Waals surface area (Å²) in [4.78, 5) is 5.28. The molecule has 0 aliphatic heterocycles. The van der Waals surface area contributed by atoms with E-state index in [1.54, 1.807) is 11.3 Å². The monoisotopic (exact) mass is 651 g/mol. The van der Waals surface area contributed by atoms with Crippen molar-refractivity contribution in [2.45, 2.75) is 51.4 Å². The average Bonchev–Trinajstić information content (AvgIpc) is 3.80. The first-order valence-electron chi connectivity index (χ1n) is 17.4. The molecule has 10 rings (SSSR count). The molecule has 3 aromatic heterocycles. The molecule has 4 heteroatoms. The van der Waals surface area contributed by atoms with E-state index in [2.05, 4.69) is 164 Å². The summed E-state index contributed by atoms with van der Waals surface area (Å²) in [6.07, 6.45) is 2.36. The lowest BCUT2D eigenvalue weighted by molar-refractivity contribution is 0.331. The summed E-state index contributed by atoms with van der Waals surface area (Å²) in [7, 11) is 0. The van der Waals surface area contributed by atoms with E-state index in [9.17, 15) is 0 Å². The molecule has 3 heterocycles. The number of hydrogen-bond acceptors (Lipinski definition) is 2. The van der Waals surface area contributed by atoms with E-state index in [0.29, 0.717) is 0 Å². The van der Waals surface area contributed by atoms with Crippen molar-refractivity contribution in [3.63, 3.8) is 0 Å². The van der Waals surface area contributed by atoms with Crippen LogP contribution in [0.4, 0.5) is 0 Å². The van der Waals surface area contributed by atoms with Crippen LogP contribution in [0, 0.1) is 0 Å². The van der Waals surface area contributed by atoms with Crippen LogP contribution in [-0.4, -0.2) is 14.1 Å². The summed E-state index contributed by atoms with van der Waals surface area (Å²) >= 11 is 1.76. The smallest absolute Gasteiger partial charge is 0.124 e. The number of para-hydroxylation sites is 3. The second-order valence-corrected chi connectivity index (χ2v) is 16.1. The van der Waals surface area contributed by atoms with Gasteiger partial charge in [-0.05, 0) is 77.3 Å². The number of fused-ring (bicyclic) bond motifs is 8. The predicted molar refractivity (Wildman–Crippen MR) is 209 cm³/mol. The van der Waals surface area contributed by atoms with Crippen LogP contribution in [0.2, 0.25) is 0 Å². The first kappa shape index (κ1) is 28.8. The van der Waals surface area contributed by atoms with Crippen LogP contribution in [0.15, 0.2) is 127 Å². The van der Waals surface area contributed by atoms with E-state index in [-0.39, 0.29) is 10.8 Å².